The Morgan fingerprint density at radius 2 is 1.92 bits per heavy atom. The van der Waals surface area contributed by atoms with Crippen molar-refractivity contribution in [2.75, 3.05) is 0 Å². The molecular weight excluding hydrogens is 222 g/mol. The Kier molecular flexibility index (Phi) is 2.82. The number of thioether (sulfide) groups is 2. The fraction of sp³-hybridized carbons (Fsp3) is 1.00. The number of hydrogen-bond donors (Lipinski definition) is 0. The van der Waals surface area contributed by atoms with E-state index in [-0.39, 0.29) is 0 Å². The maximum Gasteiger partial charge on any atom is 0.232 e. The minimum atomic E-state index is -1.96. The van der Waals surface area contributed by atoms with Crippen LogP contribution in [0.5, 0.6) is 0 Å². The second kappa shape index (κ2) is 3.13. The van der Waals surface area contributed by atoms with Gasteiger partial charge >= 0.3 is 0 Å². The molecule has 0 aromatic carbocycles. The van der Waals surface area contributed by atoms with Gasteiger partial charge in [0.2, 0.25) is 8.67 Å². The molecule has 1 saturated heterocycles. The largest absolute Gasteiger partial charge is 0.254 e. The summed E-state index contributed by atoms with van der Waals surface area (Å²) in [6, 6.07) is 0. The molecule has 1 aliphatic heterocycles. The molecule has 1 fully saturated rings. The van der Waals surface area contributed by atoms with Crippen LogP contribution < -0.4 is 0 Å². The molecule has 0 aromatic rings. The van der Waals surface area contributed by atoms with Crippen molar-refractivity contribution in [3.63, 3.8) is 0 Å². The first-order chi connectivity index (χ1) is 5.25. The molecule has 0 amide bonds. The molecule has 0 N–H and O–H groups in total. The van der Waals surface area contributed by atoms with Crippen molar-refractivity contribution in [1.29, 1.82) is 0 Å². The molecule has 0 saturated carbocycles. The molecule has 0 aliphatic carbocycles. The summed E-state index contributed by atoms with van der Waals surface area (Å²) in [6.07, 6.45) is 0. The van der Waals surface area contributed by atoms with Gasteiger partial charge in [0.25, 0.3) is 0 Å². The number of alkyl halides is 2. The molecule has 6 heteroatoms. The molecule has 4 unspecified atom stereocenters. The van der Waals surface area contributed by atoms with E-state index >= 15 is 0 Å². The van der Waals surface area contributed by atoms with Crippen molar-refractivity contribution in [3.05, 3.63) is 0 Å². The predicted molar refractivity (Wildman–Crippen MR) is 51.8 cm³/mol. The zero-order chi connectivity index (χ0) is 9.57. The molecule has 0 bridgehead atoms. The molecule has 72 valence electrons. The average Bonchev–Trinajstić information content (AvgIpc) is 1.79. The number of hydrogen-bond acceptors (Lipinski definition) is 3. The molecule has 4 atom stereocenters. The van der Waals surface area contributed by atoms with Gasteiger partial charge in [0.05, 0.1) is 15.4 Å². The van der Waals surface area contributed by atoms with E-state index in [1.54, 1.807) is 6.92 Å². The summed E-state index contributed by atoms with van der Waals surface area (Å²) < 4.78 is 33.9. The van der Waals surface area contributed by atoms with E-state index in [1.807, 2.05) is 0 Å². The van der Waals surface area contributed by atoms with Gasteiger partial charge in [-0.2, -0.15) is 0 Å². The summed E-state index contributed by atoms with van der Waals surface area (Å²) in [5, 5.41) is 0. The number of halogens is 2. The molecule has 0 spiro atoms. The van der Waals surface area contributed by atoms with Gasteiger partial charge < -0.3 is 0 Å². The van der Waals surface area contributed by atoms with Crippen molar-refractivity contribution in [2.45, 2.75) is 34.0 Å². The third-order valence-electron chi connectivity index (χ3n) is 1.40. The van der Waals surface area contributed by atoms with Crippen LogP contribution >= 0.6 is 23.5 Å². The fourth-order valence-electron chi connectivity index (χ4n) is 1.03. The van der Waals surface area contributed by atoms with Crippen molar-refractivity contribution in [3.8, 4) is 0 Å². The van der Waals surface area contributed by atoms with Gasteiger partial charge in [-0.3, -0.25) is 4.21 Å². The monoisotopic (exact) mass is 232 g/mol. The normalized spacial score (nSPS) is 55.4. The lowest BCUT2D eigenvalue weighted by atomic mass is 10.9. The van der Waals surface area contributed by atoms with Gasteiger partial charge in [-0.25, -0.2) is 8.78 Å². The van der Waals surface area contributed by atoms with E-state index in [4.69, 9.17) is 0 Å². The quantitative estimate of drug-likeness (QED) is 0.639. The second-order valence-corrected chi connectivity index (χ2v) is 9.09. The summed E-state index contributed by atoms with van der Waals surface area (Å²) in [4.78, 5) is 0. The third kappa shape index (κ3) is 2.14. The summed E-state index contributed by atoms with van der Waals surface area (Å²) >= 11 is 1.40. The summed E-state index contributed by atoms with van der Waals surface area (Å²) in [5.41, 5.74) is 0. The predicted octanol–water partition coefficient (Wildman–Crippen LogP) is 2.85. The Bertz CT molecular complexity index is 217. The van der Waals surface area contributed by atoms with Crippen LogP contribution in [0.1, 0.15) is 20.8 Å². The van der Waals surface area contributed by atoms with Gasteiger partial charge in [0, 0.05) is 0 Å². The highest BCUT2D eigenvalue weighted by Gasteiger charge is 2.50. The van der Waals surface area contributed by atoms with Crippen molar-refractivity contribution in [2.24, 2.45) is 0 Å². The SMILES string of the molecule is CC1SC(C)(F)SC(C)(F)S1=O. The van der Waals surface area contributed by atoms with Gasteiger partial charge in [-0.05, 0) is 20.8 Å². The molecule has 1 aliphatic rings. The van der Waals surface area contributed by atoms with Crippen LogP contribution in [0.15, 0.2) is 0 Å². The summed E-state index contributed by atoms with van der Waals surface area (Å²) in [7, 11) is -1.62. The van der Waals surface area contributed by atoms with Crippen LogP contribution in [0.2, 0.25) is 0 Å². The molecule has 1 nitrogen and oxygen atoms in total. The molecule has 0 radical (unpaired) electrons. The molecule has 1 heterocycles. The van der Waals surface area contributed by atoms with E-state index in [2.05, 4.69) is 0 Å². The minimum absolute atomic E-state index is 0.487. The fourth-order valence-corrected chi connectivity index (χ4v) is 7.15. The zero-order valence-corrected chi connectivity index (χ0v) is 9.42. The maximum atomic E-state index is 13.4. The van der Waals surface area contributed by atoms with E-state index in [0.29, 0.717) is 11.8 Å². The molecule has 1 rings (SSSR count). The topological polar surface area (TPSA) is 17.1 Å². The van der Waals surface area contributed by atoms with Gasteiger partial charge in [0.15, 0.2) is 0 Å². The van der Waals surface area contributed by atoms with Gasteiger partial charge in [-0.1, -0.05) is 23.5 Å². The lowest BCUT2D eigenvalue weighted by Gasteiger charge is -2.35. The van der Waals surface area contributed by atoms with Gasteiger partial charge in [0.1, 0.15) is 0 Å². The molecule has 12 heavy (non-hydrogen) atoms. The maximum absolute atomic E-state index is 13.4. The Morgan fingerprint density at radius 1 is 1.42 bits per heavy atom. The molecular formula is C6H10F2OS3. The first-order valence-electron chi connectivity index (χ1n) is 3.41. The van der Waals surface area contributed by atoms with Crippen LogP contribution in [0.25, 0.3) is 0 Å². The highest BCUT2D eigenvalue weighted by Crippen LogP contribution is 2.55. The Hall–Kier alpha value is 0.710. The summed E-state index contributed by atoms with van der Waals surface area (Å²) in [6.45, 7) is 4.05. The lowest BCUT2D eigenvalue weighted by Crippen LogP contribution is -2.37. The van der Waals surface area contributed by atoms with E-state index in [1.165, 1.54) is 13.8 Å². The van der Waals surface area contributed by atoms with Gasteiger partial charge in [-0.15, -0.1) is 0 Å². The van der Waals surface area contributed by atoms with E-state index in [9.17, 15) is 13.0 Å². The first-order valence-corrected chi connectivity index (χ1v) is 6.32. The Balaban J connectivity index is 2.87. The second-order valence-electron chi connectivity index (χ2n) is 2.75. The summed E-state index contributed by atoms with van der Waals surface area (Å²) in [5.74, 6) is 0. The molecule has 0 aromatic heterocycles. The number of rotatable bonds is 0. The minimum Gasteiger partial charge on any atom is -0.254 e. The average molecular weight is 232 g/mol. The highest BCUT2D eigenvalue weighted by molar-refractivity contribution is 8.30. The van der Waals surface area contributed by atoms with Crippen LogP contribution in [0.4, 0.5) is 8.78 Å². The Morgan fingerprint density at radius 3 is 2.33 bits per heavy atom. The standard InChI is InChI=1S/C6H10F2OS3/c1-4-10-5(2,7)11-6(3,8)12(4)9/h4H,1-3H3. The van der Waals surface area contributed by atoms with Crippen LogP contribution in [-0.4, -0.2) is 17.5 Å². The highest BCUT2D eigenvalue weighted by atomic mass is 32.3. The Labute approximate surface area is 81.5 Å². The van der Waals surface area contributed by atoms with Crippen LogP contribution in [-0.2, 0) is 10.8 Å². The third-order valence-corrected chi connectivity index (χ3v) is 6.30. The van der Waals surface area contributed by atoms with Crippen LogP contribution in [0, 0.1) is 0 Å². The lowest BCUT2D eigenvalue weighted by molar-refractivity contribution is 0.393. The van der Waals surface area contributed by atoms with Crippen molar-refractivity contribution in [1.82, 2.24) is 0 Å². The van der Waals surface area contributed by atoms with Crippen LogP contribution in [0.3, 0.4) is 0 Å². The van der Waals surface area contributed by atoms with Crippen molar-refractivity contribution < 1.29 is 13.0 Å². The first kappa shape index (κ1) is 10.8. The van der Waals surface area contributed by atoms with Crippen molar-refractivity contribution >= 4 is 34.3 Å². The van der Waals surface area contributed by atoms with E-state index in [0.717, 1.165) is 11.8 Å². The smallest absolute Gasteiger partial charge is 0.232 e. The zero-order valence-electron chi connectivity index (χ0n) is 6.97. The van der Waals surface area contributed by atoms with E-state index < -0.39 is 24.0 Å².